The van der Waals surface area contributed by atoms with Gasteiger partial charge in [0, 0.05) is 18.1 Å². The first-order chi connectivity index (χ1) is 14.6. The smallest absolute Gasteiger partial charge is 0.340 e. The van der Waals surface area contributed by atoms with Gasteiger partial charge in [-0.05, 0) is 35.4 Å². The fourth-order valence-corrected chi connectivity index (χ4v) is 3.54. The van der Waals surface area contributed by atoms with E-state index in [1.165, 1.54) is 14.2 Å². The number of carbonyl (C=O) groups excluding carboxylic acids is 1. The molecule has 0 aliphatic heterocycles. The van der Waals surface area contributed by atoms with Crippen LogP contribution < -0.4 is 4.74 Å². The van der Waals surface area contributed by atoms with Crippen LogP contribution in [0.15, 0.2) is 60.7 Å². The maximum Gasteiger partial charge on any atom is 0.340 e. The van der Waals surface area contributed by atoms with Crippen molar-refractivity contribution in [2.75, 3.05) is 21.0 Å². The Kier molecular flexibility index (Phi) is 7.09. The minimum atomic E-state index is -0.485. The lowest BCUT2D eigenvalue weighted by Crippen LogP contribution is -2.10. The van der Waals surface area contributed by atoms with Gasteiger partial charge in [0.25, 0.3) is 0 Å². The van der Waals surface area contributed by atoms with E-state index in [-0.39, 0.29) is 12.5 Å². The zero-order valence-corrected chi connectivity index (χ0v) is 17.5. The predicted octanol–water partition coefficient (Wildman–Crippen LogP) is 5.09. The highest BCUT2D eigenvalue weighted by Gasteiger charge is 2.21. The van der Waals surface area contributed by atoms with Crippen LogP contribution in [0.25, 0.3) is 16.3 Å². The Labute approximate surface area is 176 Å². The minimum absolute atomic E-state index is 0.0592. The van der Waals surface area contributed by atoms with E-state index in [4.69, 9.17) is 14.2 Å². The molecule has 1 N–H and O–H groups in total. The number of phenolic OH excluding ortho intramolecular Hbond substituents is 1. The number of carbonyl (C=O) groups is 1. The van der Waals surface area contributed by atoms with Gasteiger partial charge in [-0.1, -0.05) is 61.5 Å². The highest BCUT2D eigenvalue weighted by molar-refractivity contribution is 6.21. The largest absolute Gasteiger partial charge is 0.504 e. The molecule has 0 amide bonds. The van der Waals surface area contributed by atoms with E-state index in [1.807, 2.05) is 61.5 Å². The lowest BCUT2D eigenvalue weighted by molar-refractivity contribution is -0.146. The fourth-order valence-electron chi connectivity index (χ4n) is 3.54. The highest BCUT2D eigenvalue weighted by Crippen LogP contribution is 2.42. The minimum Gasteiger partial charge on any atom is -0.504 e. The molecule has 3 rings (SSSR count). The summed E-state index contributed by atoms with van der Waals surface area (Å²) >= 11 is 0. The fraction of sp³-hybridized carbons (Fsp3) is 0.240. The number of ether oxygens (including phenoxy) is 3. The third kappa shape index (κ3) is 4.47. The van der Waals surface area contributed by atoms with Gasteiger partial charge in [0.05, 0.1) is 12.7 Å². The van der Waals surface area contributed by atoms with Crippen molar-refractivity contribution in [1.29, 1.82) is 0 Å². The predicted molar refractivity (Wildman–Crippen MR) is 118 cm³/mol. The molecule has 0 bridgehead atoms. The number of phenols is 1. The average Bonchev–Trinajstić information content (AvgIpc) is 2.77. The standard InChI is InChI=1S/C25H26O5/c1-4-9-20(25(27)30-16-28-2)21-15-22(29-3)24(26)23-18(12-8-13-19(21)23)14-17-10-6-5-7-11-17/h5-13,15,26H,4,14,16H2,1-3H3/b20-9-. The van der Waals surface area contributed by atoms with Gasteiger partial charge < -0.3 is 19.3 Å². The number of hydrogen-bond donors (Lipinski definition) is 1. The number of methoxy groups -OCH3 is 2. The number of esters is 1. The first-order valence-electron chi connectivity index (χ1n) is 9.82. The summed E-state index contributed by atoms with van der Waals surface area (Å²) in [6.45, 7) is 1.82. The van der Waals surface area contributed by atoms with Gasteiger partial charge in [-0.2, -0.15) is 0 Å². The first kappa shape index (κ1) is 21.4. The second kappa shape index (κ2) is 9.94. The van der Waals surface area contributed by atoms with Crippen LogP contribution in [0.3, 0.4) is 0 Å². The Bertz CT molecular complexity index is 1050. The van der Waals surface area contributed by atoms with Gasteiger partial charge in [-0.3, -0.25) is 0 Å². The van der Waals surface area contributed by atoms with Crippen molar-refractivity contribution in [3.63, 3.8) is 0 Å². The first-order valence-corrected chi connectivity index (χ1v) is 9.82. The number of aromatic hydroxyl groups is 1. The number of rotatable bonds is 8. The topological polar surface area (TPSA) is 65.0 Å². The van der Waals surface area contributed by atoms with Gasteiger partial charge >= 0.3 is 5.97 Å². The quantitative estimate of drug-likeness (QED) is 0.321. The summed E-state index contributed by atoms with van der Waals surface area (Å²) in [5, 5.41) is 12.4. The molecule has 0 unspecified atom stereocenters. The molecule has 3 aromatic carbocycles. The third-order valence-electron chi connectivity index (χ3n) is 4.87. The maximum atomic E-state index is 12.7. The lowest BCUT2D eigenvalue weighted by atomic mass is 9.91. The molecule has 3 aromatic rings. The molecule has 0 fully saturated rings. The molecule has 5 nitrogen and oxygen atoms in total. The SMILES string of the molecule is CC/C=C(\C(=O)OCOC)c1cc(OC)c(O)c2c(Cc3ccccc3)cccc12. The van der Waals surface area contributed by atoms with Gasteiger partial charge in [-0.25, -0.2) is 4.79 Å². The second-order valence-electron chi connectivity index (χ2n) is 6.84. The molecule has 0 atom stereocenters. The molecular weight excluding hydrogens is 380 g/mol. The van der Waals surface area contributed by atoms with Gasteiger partial charge in [0.2, 0.25) is 0 Å². The molecule has 0 aromatic heterocycles. The van der Waals surface area contributed by atoms with E-state index in [0.29, 0.717) is 35.1 Å². The molecule has 30 heavy (non-hydrogen) atoms. The Hall–Kier alpha value is -3.31. The van der Waals surface area contributed by atoms with Crippen molar-refractivity contribution in [2.24, 2.45) is 0 Å². The average molecular weight is 406 g/mol. The Balaban J connectivity index is 2.22. The molecule has 5 heteroatoms. The summed E-state index contributed by atoms with van der Waals surface area (Å²) in [6.07, 6.45) is 3.10. The third-order valence-corrected chi connectivity index (χ3v) is 4.87. The Morgan fingerprint density at radius 2 is 1.83 bits per heavy atom. The summed E-state index contributed by atoms with van der Waals surface area (Å²) in [7, 11) is 2.96. The molecular formula is C25H26O5. The molecule has 0 aliphatic carbocycles. The summed E-state index contributed by atoms with van der Waals surface area (Å²) in [5.74, 6) is -0.121. The lowest BCUT2D eigenvalue weighted by Gasteiger charge is -2.17. The molecule has 0 saturated carbocycles. The highest BCUT2D eigenvalue weighted by atomic mass is 16.7. The summed E-state index contributed by atoms with van der Waals surface area (Å²) in [4.78, 5) is 12.7. The van der Waals surface area contributed by atoms with Crippen LogP contribution >= 0.6 is 0 Å². The number of fused-ring (bicyclic) bond motifs is 1. The number of hydrogen-bond acceptors (Lipinski definition) is 5. The Morgan fingerprint density at radius 1 is 1.07 bits per heavy atom. The van der Waals surface area contributed by atoms with Gasteiger partial charge in [0.1, 0.15) is 0 Å². The molecule has 156 valence electrons. The summed E-state index contributed by atoms with van der Waals surface area (Å²) in [5.41, 5.74) is 3.13. The number of benzene rings is 3. The van der Waals surface area contributed by atoms with Crippen LogP contribution in [0.4, 0.5) is 0 Å². The van der Waals surface area contributed by atoms with Crippen LogP contribution in [-0.2, 0) is 20.7 Å². The van der Waals surface area contributed by atoms with Crippen LogP contribution in [0.5, 0.6) is 11.5 Å². The molecule has 0 radical (unpaired) electrons. The van der Waals surface area contributed by atoms with Crippen molar-refractivity contribution in [3.8, 4) is 11.5 Å². The van der Waals surface area contributed by atoms with Crippen LogP contribution in [0.2, 0.25) is 0 Å². The molecule has 0 saturated heterocycles. The zero-order chi connectivity index (χ0) is 21.5. The summed E-state index contributed by atoms with van der Waals surface area (Å²) in [6, 6.07) is 17.5. The maximum absolute atomic E-state index is 12.7. The van der Waals surface area contributed by atoms with Crippen molar-refractivity contribution < 1.29 is 24.1 Å². The van der Waals surface area contributed by atoms with E-state index in [0.717, 1.165) is 16.5 Å². The van der Waals surface area contributed by atoms with E-state index in [2.05, 4.69) is 0 Å². The van der Waals surface area contributed by atoms with Gasteiger partial charge in [-0.15, -0.1) is 0 Å². The molecule has 0 heterocycles. The molecule has 0 aliphatic rings. The monoisotopic (exact) mass is 406 g/mol. The Morgan fingerprint density at radius 3 is 2.50 bits per heavy atom. The molecule has 0 spiro atoms. The van der Waals surface area contributed by atoms with Crippen molar-refractivity contribution in [3.05, 3.63) is 77.4 Å². The van der Waals surface area contributed by atoms with Crippen molar-refractivity contribution in [1.82, 2.24) is 0 Å². The normalized spacial score (nSPS) is 11.5. The van der Waals surface area contributed by atoms with Crippen LogP contribution in [0.1, 0.15) is 30.0 Å². The van der Waals surface area contributed by atoms with E-state index >= 15 is 0 Å². The van der Waals surface area contributed by atoms with Crippen LogP contribution in [0, 0.1) is 0 Å². The van der Waals surface area contributed by atoms with E-state index in [9.17, 15) is 9.90 Å². The van der Waals surface area contributed by atoms with Crippen molar-refractivity contribution in [2.45, 2.75) is 19.8 Å². The zero-order valence-electron chi connectivity index (χ0n) is 17.5. The van der Waals surface area contributed by atoms with Gasteiger partial charge in [0.15, 0.2) is 18.3 Å². The number of allylic oxidation sites excluding steroid dienone is 1. The summed E-state index contributed by atoms with van der Waals surface area (Å²) < 4.78 is 15.5. The van der Waals surface area contributed by atoms with Crippen LogP contribution in [-0.4, -0.2) is 32.1 Å². The van der Waals surface area contributed by atoms with E-state index < -0.39 is 5.97 Å². The second-order valence-corrected chi connectivity index (χ2v) is 6.84. The van der Waals surface area contributed by atoms with Crippen molar-refractivity contribution >= 4 is 22.3 Å². The van der Waals surface area contributed by atoms with E-state index in [1.54, 1.807) is 6.07 Å².